The van der Waals surface area contributed by atoms with Crippen LogP contribution in [0.25, 0.3) is 0 Å². The Morgan fingerprint density at radius 1 is 0.962 bits per heavy atom. The van der Waals surface area contributed by atoms with Crippen molar-refractivity contribution in [3.63, 3.8) is 0 Å². The number of rotatable bonds is 4. The largest absolute Gasteiger partial charge is 0.389 e. The van der Waals surface area contributed by atoms with E-state index in [0.717, 1.165) is 10.5 Å². The van der Waals surface area contributed by atoms with Gasteiger partial charge in [0.25, 0.3) is 0 Å². The van der Waals surface area contributed by atoms with E-state index in [2.05, 4.69) is 0 Å². The van der Waals surface area contributed by atoms with Crippen LogP contribution in [0, 0.1) is 11.3 Å². The molecule has 1 heterocycles. The standard InChI is InChI=1S/C19H19NO4S2/c20-9-11-1-3-12(4-2-11)16(22)13-5-7-14(8-6-13)26-19-18(24)17(23)15(21)10-25-19/h1-8,15-19,21-24H,10H2/t15-,16?,17+,18-,19+/m1/s1. The predicted molar refractivity (Wildman–Crippen MR) is 102 cm³/mol. The van der Waals surface area contributed by atoms with Gasteiger partial charge in [-0.05, 0) is 35.4 Å². The molecule has 5 atom stereocenters. The highest BCUT2D eigenvalue weighted by Gasteiger charge is 2.37. The fourth-order valence-electron chi connectivity index (χ4n) is 2.68. The van der Waals surface area contributed by atoms with E-state index >= 15 is 0 Å². The van der Waals surface area contributed by atoms with Gasteiger partial charge in [0, 0.05) is 10.6 Å². The Labute approximate surface area is 160 Å². The van der Waals surface area contributed by atoms with E-state index in [1.807, 2.05) is 30.3 Å². The van der Waals surface area contributed by atoms with Crippen molar-refractivity contribution in [2.45, 2.75) is 33.9 Å². The number of nitrogens with zero attached hydrogens (tertiary/aromatic N) is 1. The van der Waals surface area contributed by atoms with Gasteiger partial charge in [-0.1, -0.05) is 24.3 Å². The number of hydrogen-bond donors (Lipinski definition) is 4. The van der Waals surface area contributed by atoms with Gasteiger partial charge in [-0.25, -0.2) is 0 Å². The van der Waals surface area contributed by atoms with Gasteiger partial charge in [-0.15, -0.1) is 23.5 Å². The monoisotopic (exact) mass is 389 g/mol. The molecular weight excluding hydrogens is 370 g/mol. The molecule has 0 amide bonds. The molecule has 136 valence electrons. The first-order chi connectivity index (χ1) is 12.5. The maximum atomic E-state index is 10.5. The van der Waals surface area contributed by atoms with Crippen LogP contribution in [-0.4, -0.2) is 49.1 Å². The van der Waals surface area contributed by atoms with E-state index in [9.17, 15) is 20.4 Å². The quantitative estimate of drug-likeness (QED) is 0.633. The van der Waals surface area contributed by atoms with E-state index in [0.29, 0.717) is 16.9 Å². The van der Waals surface area contributed by atoms with Gasteiger partial charge in [0.15, 0.2) is 0 Å². The van der Waals surface area contributed by atoms with Crippen molar-refractivity contribution in [3.05, 3.63) is 65.2 Å². The van der Waals surface area contributed by atoms with Gasteiger partial charge in [0.2, 0.25) is 0 Å². The van der Waals surface area contributed by atoms with Crippen LogP contribution in [0.15, 0.2) is 53.4 Å². The Balaban J connectivity index is 1.67. The first-order valence-electron chi connectivity index (χ1n) is 8.10. The Hall–Kier alpha value is -1.53. The zero-order valence-corrected chi connectivity index (χ0v) is 15.4. The molecular formula is C19H19NO4S2. The Bertz CT molecular complexity index is 776. The summed E-state index contributed by atoms with van der Waals surface area (Å²) in [6, 6.07) is 16.2. The van der Waals surface area contributed by atoms with Gasteiger partial charge in [0.05, 0.1) is 22.3 Å². The number of benzene rings is 2. The summed E-state index contributed by atoms with van der Waals surface area (Å²) >= 11 is 2.84. The van der Waals surface area contributed by atoms with Crippen LogP contribution in [-0.2, 0) is 0 Å². The summed E-state index contributed by atoms with van der Waals surface area (Å²) in [5, 5.41) is 48.8. The Morgan fingerprint density at radius 2 is 1.54 bits per heavy atom. The minimum Gasteiger partial charge on any atom is -0.389 e. The lowest BCUT2D eigenvalue weighted by Gasteiger charge is -2.34. The third-order valence-corrected chi connectivity index (χ3v) is 7.15. The second-order valence-electron chi connectivity index (χ2n) is 6.07. The fourth-order valence-corrected chi connectivity index (χ4v) is 5.32. The molecule has 5 nitrogen and oxygen atoms in total. The van der Waals surface area contributed by atoms with Crippen molar-refractivity contribution in [2.24, 2.45) is 0 Å². The van der Waals surface area contributed by atoms with Crippen LogP contribution in [0.1, 0.15) is 22.8 Å². The van der Waals surface area contributed by atoms with E-state index < -0.39 is 24.4 Å². The van der Waals surface area contributed by atoms with Crippen LogP contribution in [0.4, 0.5) is 0 Å². The third-order valence-electron chi connectivity index (χ3n) is 4.26. The lowest BCUT2D eigenvalue weighted by molar-refractivity contribution is -0.0474. The highest BCUT2D eigenvalue weighted by molar-refractivity contribution is 8.17. The van der Waals surface area contributed by atoms with Crippen molar-refractivity contribution in [1.29, 1.82) is 5.26 Å². The number of thioether (sulfide) groups is 2. The molecule has 4 N–H and O–H groups in total. The second kappa shape index (κ2) is 8.44. The molecule has 0 spiro atoms. The van der Waals surface area contributed by atoms with Crippen molar-refractivity contribution in [3.8, 4) is 6.07 Å². The molecule has 1 saturated heterocycles. The maximum Gasteiger partial charge on any atom is 0.108 e. The van der Waals surface area contributed by atoms with Crippen LogP contribution in [0.2, 0.25) is 0 Å². The minimum atomic E-state index is -1.13. The van der Waals surface area contributed by atoms with E-state index in [1.165, 1.54) is 23.5 Å². The highest BCUT2D eigenvalue weighted by atomic mass is 32.2. The van der Waals surface area contributed by atoms with Crippen molar-refractivity contribution in [1.82, 2.24) is 0 Å². The summed E-state index contributed by atoms with van der Waals surface area (Å²) < 4.78 is -0.261. The average molecular weight is 389 g/mol. The topological polar surface area (TPSA) is 105 Å². The zero-order chi connectivity index (χ0) is 18.7. The van der Waals surface area contributed by atoms with Crippen LogP contribution in [0.3, 0.4) is 0 Å². The summed E-state index contributed by atoms with van der Waals surface area (Å²) in [6.07, 6.45) is -3.82. The smallest absolute Gasteiger partial charge is 0.108 e. The van der Waals surface area contributed by atoms with E-state index in [4.69, 9.17) is 5.26 Å². The van der Waals surface area contributed by atoms with Gasteiger partial charge in [-0.2, -0.15) is 5.26 Å². The number of hydrogen-bond acceptors (Lipinski definition) is 7. The second-order valence-corrected chi connectivity index (χ2v) is 8.76. The third kappa shape index (κ3) is 4.23. The summed E-state index contributed by atoms with van der Waals surface area (Å²) in [5.74, 6) is 0.380. The summed E-state index contributed by atoms with van der Waals surface area (Å²) in [5.41, 5.74) is 1.98. The molecule has 0 aromatic heterocycles. The van der Waals surface area contributed by atoms with E-state index in [1.54, 1.807) is 24.3 Å². The van der Waals surface area contributed by atoms with E-state index in [-0.39, 0.29) is 4.58 Å². The first kappa shape index (κ1) is 19.2. The summed E-state index contributed by atoms with van der Waals surface area (Å²) in [7, 11) is 0. The predicted octanol–water partition coefficient (Wildman–Crippen LogP) is 1.89. The Morgan fingerprint density at radius 3 is 2.12 bits per heavy atom. The molecule has 0 bridgehead atoms. The van der Waals surface area contributed by atoms with Gasteiger partial charge >= 0.3 is 0 Å². The van der Waals surface area contributed by atoms with Crippen LogP contribution < -0.4 is 0 Å². The summed E-state index contributed by atoms with van der Waals surface area (Å²) in [6.45, 7) is 0. The number of nitriles is 1. The number of aliphatic hydroxyl groups is 4. The maximum absolute atomic E-state index is 10.5. The molecule has 1 aliphatic rings. The minimum absolute atomic E-state index is 0.261. The van der Waals surface area contributed by atoms with Crippen molar-refractivity contribution in [2.75, 3.05) is 5.75 Å². The van der Waals surface area contributed by atoms with Crippen molar-refractivity contribution >= 4 is 23.5 Å². The fraction of sp³-hybridized carbons (Fsp3) is 0.316. The molecule has 1 unspecified atom stereocenters. The number of aliphatic hydroxyl groups excluding tert-OH is 4. The summed E-state index contributed by atoms with van der Waals surface area (Å²) in [4.78, 5) is 0.904. The molecule has 7 heteroatoms. The van der Waals surface area contributed by atoms with Crippen LogP contribution in [0.5, 0.6) is 0 Å². The first-order valence-corrected chi connectivity index (χ1v) is 10.0. The lowest BCUT2D eigenvalue weighted by Crippen LogP contribution is -2.47. The zero-order valence-electron chi connectivity index (χ0n) is 13.8. The van der Waals surface area contributed by atoms with Gasteiger partial charge < -0.3 is 20.4 Å². The molecule has 0 aliphatic carbocycles. The Kier molecular flexibility index (Phi) is 6.24. The molecule has 3 rings (SSSR count). The normalized spacial score (nSPS) is 26.9. The molecule has 1 aliphatic heterocycles. The molecule has 1 fully saturated rings. The molecule has 0 saturated carbocycles. The highest BCUT2D eigenvalue weighted by Crippen LogP contribution is 2.38. The van der Waals surface area contributed by atoms with Crippen LogP contribution >= 0.6 is 23.5 Å². The molecule has 2 aromatic carbocycles. The SMILES string of the molecule is N#Cc1ccc(C(O)c2ccc(S[C@@H]3SC[C@@H](O)[C@H](O)[C@H]3O)cc2)cc1. The molecule has 0 radical (unpaired) electrons. The van der Waals surface area contributed by atoms with Gasteiger partial charge in [0.1, 0.15) is 18.3 Å². The van der Waals surface area contributed by atoms with Crippen molar-refractivity contribution < 1.29 is 20.4 Å². The lowest BCUT2D eigenvalue weighted by atomic mass is 10.0. The molecule has 26 heavy (non-hydrogen) atoms. The molecule has 2 aromatic rings. The average Bonchev–Trinajstić information content (AvgIpc) is 2.68. The van der Waals surface area contributed by atoms with Gasteiger partial charge in [-0.3, -0.25) is 0 Å².